The van der Waals surface area contributed by atoms with Crippen LogP contribution in [0.15, 0.2) is 61.2 Å². The van der Waals surface area contributed by atoms with Gasteiger partial charge in [0.1, 0.15) is 5.82 Å². The summed E-state index contributed by atoms with van der Waals surface area (Å²) in [6, 6.07) is 15.0. The molecule has 126 valence electrons. The molecule has 3 heteroatoms. The molecule has 0 N–H and O–H groups in total. The Labute approximate surface area is 142 Å². The van der Waals surface area contributed by atoms with Crippen LogP contribution < -0.4 is 0 Å². The van der Waals surface area contributed by atoms with E-state index in [1.54, 1.807) is 12.1 Å². The molecule has 0 saturated carbocycles. The van der Waals surface area contributed by atoms with E-state index in [2.05, 4.69) is 30.8 Å². The van der Waals surface area contributed by atoms with Crippen molar-refractivity contribution in [2.75, 3.05) is 13.2 Å². The second-order valence-corrected chi connectivity index (χ2v) is 6.17. The van der Waals surface area contributed by atoms with Gasteiger partial charge in [-0.25, -0.2) is 4.39 Å². The number of ether oxygens (including phenoxy) is 2. The zero-order chi connectivity index (χ0) is 16.8. The Hall–Kier alpha value is -1.97. The minimum absolute atomic E-state index is 0.153. The summed E-state index contributed by atoms with van der Waals surface area (Å²) in [6.07, 6.45) is 4.87. The quantitative estimate of drug-likeness (QED) is 0.539. The van der Waals surface area contributed by atoms with Gasteiger partial charge in [0.2, 0.25) is 0 Å². The average Bonchev–Trinajstić information content (AvgIpc) is 2.63. The van der Waals surface area contributed by atoms with Gasteiger partial charge in [-0.3, -0.25) is 0 Å². The molecule has 1 saturated heterocycles. The van der Waals surface area contributed by atoms with E-state index < -0.39 is 0 Å². The van der Waals surface area contributed by atoms with E-state index in [0.29, 0.717) is 13.2 Å². The molecular weight excluding hydrogens is 303 g/mol. The Kier molecular flexibility index (Phi) is 5.78. The highest BCUT2D eigenvalue weighted by Gasteiger charge is 2.24. The number of hydrogen-bond donors (Lipinski definition) is 0. The third-order valence-corrected chi connectivity index (χ3v) is 4.36. The molecule has 0 aromatic heterocycles. The smallest absolute Gasteiger partial charge is 0.183 e. The van der Waals surface area contributed by atoms with Crippen LogP contribution in [0, 0.1) is 5.82 Å². The van der Waals surface area contributed by atoms with Crippen molar-refractivity contribution in [3.05, 3.63) is 83.7 Å². The van der Waals surface area contributed by atoms with E-state index in [4.69, 9.17) is 9.47 Å². The average molecular weight is 326 g/mol. The molecule has 1 aliphatic rings. The first-order valence-electron chi connectivity index (χ1n) is 8.44. The summed E-state index contributed by atoms with van der Waals surface area (Å²) in [4.78, 5) is 0. The van der Waals surface area contributed by atoms with Crippen LogP contribution in [0.5, 0.6) is 0 Å². The number of benzene rings is 2. The summed E-state index contributed by atoms with van der Waals surface area (Å²) in [5.74, 6) is -0.0671. The van der Waals surface area contributed by atoms with Crippen molar-refractivity contribution in [1.82, 2.24) is 0 Å². The van der Waals surface area contributed by atoms with Crippen molar-refractivity contribution in [2.45, 2.75) is 31.5 Å². The highest BCUT2D eigenvalue weighted by Crippen LogP contribution is 2.30. The van der Waals surface area contributed by atoms with Crippen LogP contribution in [0.3, 0.4) is 0 Å². The minimum Gasteiger partial charge on any atom is -0.348 e. The highest BCUT2D eigenvalue weighted by molar-refractivity contribution is 5.25. The summed E-state index contributed by atoms with van der Waals surface area (Å²) < 4.78 is 24.7. The molecule has 0 atom stereocenters. The molecule has 0 aliphatic carbocycles. The zero-order valence-corrected chi connectivity index (χ0v) is 13.8. The van der Waals surface area contributed by atoms with E-state index in [-0.39, 0.29) is 18.0 Å². The number of halogens is 1. The van der Waals surface area contributed by atoms with E-state index in [1.165, 1.54) is 17.7 Å². The molecule has 2 nitrogen and oxygen atoms in total. The lowest BCUT2D eigenvalue weighted by Crippen LogP contribution is -2.25. The monoisotopic (exact) mass is 326 g/mol. The lowest BCUT2D eigenvalue weighted by Gasteiger charge is -2.30. The summed E-state index contributed by atoms with van der Waals surface area (Å²) >= 11 is 0. The Morgan fingerprint density at radius 3 is 2.21 bits per heavy atom. The van der Waals surface area contributed by atoms with E-state index in [0.717, 1.165) is 30.4 Å². The molecule has 0 bridgehead atoms. The lowest BCUT2D eigenvalue weighted by atomic mass is 10.00. The molecule has 1 aliphatic heterocycles. The normalized spacial score (nSPS) is 20.7. The second-order valence-electron chi connectivity index (χ2n) is 6.17. The topological polar surface area (TPSA) is 18.5 Å². The molecular formula is C21H23FO2. The predicted octanol–water partition coefficient (Wildman–Crippen LogP) is 5.16. The molecule has 1 fully saturated rings. The Morgan fingerprint density at radius 2 is 1.58 bits per heavy atom. The number of hydrogen-bond acceptors (Lipinski definition) is 2. The molecule has 2 aromatic rings. The predicted molar refractivity (Wildman–Crippen MR) is 93.4 cm³/mol. The summed E-state index contributed by atoms with van der Waals surface area (Å²) in [6.45, 7) is 4.91. The summed E-state index contributed by atoms with van der Waals surface area (Å²) in [5.41, 5.74) is 3.41. The van der Waals surface area contributed by atoms with Gasteiger partial charge in [0.25, 0.3) is 0 Å². The largest absolute Gasteiger partial charge is 0.348 e. The maximum absolute atomic E-state index is 13.0. The first-order chi connectivity index (χ1) is 11.8. The third kappa shape index (κ3) is 4.31. The maximum atomic E-state index is 13.0. The first-order valence-corrected chi connectivity index (χ1v) is 8.44. The maximum Gasteiger partial charge on any atom is 0.183 e. The van der Waals surface area contributed by atoms with E-state index in [9.17, 15) is 4.39 Å². The van der Waals surface area contributed by atoms with Crippen molar-refractivity contribution < 1.29 is 13.9 Å². The minimum atomic E-state index is -0.316. The highest BCUT2D eigenvalue weighted by atomic mass is 19.1. The molecule has 2 aromatic carbocycles. The van der Waals surface area contributed by atoms with Gasteiger partial charge in [0.05, 0.1) is 13.2 Å². The SMILES string of the molecule is C=CCCCc1ccc(C2OCC(c3ccc(F)cc3)CO2)cc1. The van der Waals surface area contributed by atoms with Gasteiger partial charge in [0, 0.05) is 11.5 Å². The van der Waals surface area contributed by atoms with Crippen molar-refractivity contribution >= 4 is 0 Å². The third-order valence-electron chi connectivity index (χ3n) is 4.36. The van der Waals surface area contributed by atoms with Crippen LogP contribution in [0.25, 0.3) is 0 Å². The van der Waals surface area contributed by atoms with E-state index in [1.807, 2.05) is 6.08 Å². The second kappa shape index (κ2) is 8.22. The summed E-state index contributed by atoms with van der Waals surface area (Å²) in [7, 11) is 0. The van der Waals surface area contributed by atoms with Crippen LogP contribution >= 0.6 is 0 Å². The van der Waals surface area contributed by atoms with Gasteiger partial charge in [-0.1, -0.05) is 42.5 Å². The van der Waals surface area contributed by atoms with Crippen molar-refractivity contribution in [3.8, 4) is 0 Å². The van der Waals surface area contributed by atoms with Crippen LogP contribution in [-0.2, 0) is 15.9 Å². The van der Waals surface area contributed by atoms with Crippen molar-refractivity contribution in [2.24, 2.45) is 0 Å². The fraction of sp³-hybridized carbons (Fsp3) is 0.333. The Bertz CT molecular complexity index is 641. The number of aryl methyl sites for hydroxylation is 1. The van der Waals surface area contributed by atoms with Crippen molar-refractivity contribution in [3.63, 3.8) is 0 Å². The number of allylic oxidation sites excluding steroid dienone is 1. The van der Waals surface area contributed by atoms with Gasteiger partial charge in [-0.2, -0.15) is 0 Å². The molecule has 0 amide bonds. The van der Waals surface area contributed by atoms with Gasteiger partial charge in [-0.15, -0.1) is 6.58 Å². The zero-order valence-electron chi connectivity index (χ0n) is 13.8. The lowest BCUT2D eigenvalue weighted by molar-refractivity contribution is -0.191. The van der Waals surface area contributed by atoms with Gasteiger partial charge < -0.3 is 9.47 Å². The molecule has 1 heterocycles. The van der Waals surface area contributed by atoms with E-state index >= 15 is 0 Å². The molecule has 3 rings (SSSR count). The fourth-order valence-corrected chi connectivity index (χ4v) is 2.92. The van der Waals surface area contributed by atoms with Gasteiger partial charge in [-0.05, 0) is 42.5 Å². The van der Waals surface area contributed by atoms with Crippen molar-refractivity contribution in [1.29, 1.82) is 0 Å². The van der Waals surface area contributed by atoms with Crippen LogP contribution in [0.2, 0.25) is 0 Å². The Balaban J connectivity index is 1.54. The summed E-state index contributed by atoms with van der Waals surface area (Å²) in [5, 5.41) is 0. The standard InChI is InChI=1S/C21H23FO2/c1-2-3-4-5-16-6-8-18(9-7-16)21-23-14-19(15-24-21)17-10-12-20(22)13-11-17/h2,6-13,19,21H,1,3-5,14-15H2. The molecule has 0 radical (unpaired) electrons. The van der Waals surface area contributed by atoms with Crippen LogP contribution in [-0.4, -0.2) is 13.2 Å². The molecule has 24 heavy (non-hydrogen) atoms. The first kappa shape index (κ1) is 16.9. The Morgan fingerprint density at radius 1 is 0.958 bits per heavy atom. The fourth-order valence-electron chi connectivity index (χ4n) is 2.92. The van der Waals surface area contributed by atoms with Gasteiger partial charge >= 0.3 is 0 Å². The molecule has 0 unspecified atom stereocenters. The number of rotatable bonds is 6. The van der Waals surface area contributed by atoms with Gasteiger partial charge in [0.15, 0.2) is 6.29 Å². The van der Waals surface area contributed by atoms with Crippen LogP contribution in [0.4, 0.5) is 4.39 Å². The molecule has 0 spiro atoms. The number of unbranched alkanes of at least 4 members (excludes halogenated alkanes) is 1. The van der Waals surface area contributed by atoms with Crippen LogP contribution in [0.1, 0.15) is 41.7 Å².